The molecule has 0 unspecified atom stereocenters. The highest BCUT2D eigenvalue weighted by atomic mass is 19.4. The summed E-state index contributed by atoms with van der Waals surface area (Å²) < 4.78 is 63.4. The minimum absolute atomic E-state index is 0.0766. The Morgan fingerprint density at radius 2 is 1.75 bits per heavy atom. The van der Waals surface area contributed by atoms with Crippen LogP contribution in [0.4, 0.5) is 17.6 Å². The van der Waals surface area contributed by atoms with Crippen LogP contribution in [0.25, 0.3) is 17.0 Å². The zero-order valence-corrected chi connectivity index (χ0v) is 19.1. The monoisotopic (exact) mass is 498 g/mol. The van der Waals surface area contributed by atoms with Gasteiger partial charge in [-0.1, -0.05) is 30.3 Å². The molecule has 0 aliphatic carbocycles. The first-order valence-electron chi connectivity index (χ1n) is 10.9. The first kappa shape index (κ1) is 25.2. The quantitative estimate of drug-likeness (QED) is 0.207. The third-order valence-corrected chi connectivity index (χ3v) is 5.43. The Hall–Kier alpha value is -3.95. The van der Waals surface area contributed by atoms with Gasteiger partial charge in [-0.15, -0.1) is 0 Å². The van der Waals surface area contributed by atoms with E-state index in [0.29, 0.717) is 22.8 Å². The Morgan fingerprint density at radius 3 is 2.42 bits per heavy atom. The molecule has 1 heterocycles. The summed E-state index contributed by atoms with van der Waals surface area (Å²) in [5.41, 5.74) is 4.59. The maximum absolute atomic E-state index is 13.4. The second-order valence-electron chi connectivity index (χ2n) is 7.90. The van der Waals surface area contributed by atoms with Crippen molar-refractivity contribution in [1.29, 1.82) is 0 Å². The summed E-state index contributed by atoms with van der Waals surface area (Å²) in [6.07, 6.45) is -2.65. The van der Waals surface area contributed by atoms with Crippen molar-refractivity contribution in [2.75, 3.05) is 6.54 Å². The van der Waals surface area contributed by atoms with Crippen molar-refractivity contribution in [3.05, 3.63) is 113 Å². The fraction of sp³-hybridized carbons (Fsp3) is 0.148. The zero-order valence-electron chi connectivity index (χ0n) is 19.1. The number of oxazole rings is 1. The van der Waals surface area contributed by atoms with E-state index in [2.05, 4.69) is 10.5 Å². The fourth-order valence-corrected chi connectivity index (χ4v) is 3.57. The van der Waals surface area contributed by atoms with Gasteiger partial charge in [-0.05, 0) is 72.2 Å². The second-order valence-corrected chi connectivity index (χ2v) is 7.90. The van der Waals surface area contributed by atoms with E-state index in [1.165, 1.54) is 24.3 Å². The van der Waals surface area contributed by atoms with Crippen LogP contribution < -0.4 is 10.2 Å². The Bertz CT molecular complexity index is 1340. The van der Waals surface area contributed by atoms with E-state index in [1.807, 2.05) is 6.07 Å². The van der Waals surface area contributed by atoms with E-state index in [9.17, 15) is 17.6 Å². The zero-order chi connectivity index (χ0) is 25.7. The minimum atomic E-state index is -4.42. The van der Waals surface area contributed by atoms with Gasteiger partial charge < -0.3 is 14.4 Å². The number of hydrogen-bond acceptors (Lipinski definition) is 5. The van der Waals surface area contributed by atoms with Crippen molar-refractivity contribution >= 4 is 5.57 Å². The minimum Gasteiger partial charge on any atom is -0.487 e. The lowest BCUT2D eigenvalue weighted by molar-refractivity contribution is -0.137. The lowest BCUT2D eigenvalue weighted by Gasteiger charge is -2.11. The molecule has 0 fully saturated rings. The molecule has 0 spiro atoms. The topological polar surface area (TPSA) is 67.5 Å². The van der Waals surface area contributed by atoms with Crippen molar-refractivity contribution in [3.8, 4) is 17.2 Å². The Balaban J connectivity index is 1.51. The van der Waals surface area contributed by atoms with Crippen LogP contribution in [0.2, 0.25) is 0 Å². The number of ether oxygens (including phenoxy) is 1. The molecular weight excluding hydrogens is 476 g/mol. The second kappa shape index (κ2) is 10.8. The summed E-state index contributed by atoms with van der Waals surface area (Å²) in [5.74, 6) is 0.874. The molecule has 4 aromatic rings. The maximum Gasteiger partial charge on any atom is 0.416 e. The van der Waals surface area contributed by atoms with E-state index in [1.54, 1.807) is 43.3 Å². The van der Waals surface area contributed by atoms with Crippen LogP contribution in [0.1, 0.15) is 28.1 Å². The first-order valence-corrected chi connectivity index (χ1v) is 10.9. The summed E-state index contributed by atoms with van der Waals surface area (Å²) >= 11 is 0. The summed E-state index contributed by atoms with van der Waals surface area (Å²) in [7, 11) is 0. The van der Waals surface area contributed by atoms with Gasteiger partial charge in [0.1, 0.15) is 29.6 Å². The molecule has 1 aromatic heterocycles. The lowest BCUT2D eigenvalue weighted by Crippen LogP contribution is -2.06. The smallest absolute Gasteiger partial charge is 0.416 e. The number of aromatic nitrogens is 1. The standard InChI is InChI=1S/C27H22F4N2O3/c1-17-25(33-26(36-17)19-5-9-21(10-6-19)27(29,30)31)16-35-23-4-2-3-20(15-23)24(13-14-32-34)18-7-11-22(28)12-8-18/h2-13,15,32,34H,14,16H2,1H3/b24-13+. The molecule has 5 nitrogen and oxygen atoms in total. The summed E-state index contributed by atoms with van der Waals surface area (Å²) in [4.78, 5) is 4.38. The van der Waals surface area contributed by atoms with Crippen molar-refractivity contribution in [1.82, 2.24) is 10.5 Å². The largest absolute Gasteiger partial charge is 0.487 e. The van der Waals surface area contributed by atoms with Crippen molar-refractivity contribution in [2.45, 2.75) is 19.7 Å². The molecule has 0 aliphatic heterocycles. The molecule has 0 radical (unpaired) electrons. The average Bonchev–Trinajstić information content (AvgIpc) is 3.24. The van der Waals surface area contributed by atoms with Gasteiger partial charge in [-0.3, -0.25) is 0 Å². The molecule has 9 heteroatoms. The first-order chi connectivity index (χ1) is 17.2. The lowest BCUT2D eigenvalue weighted by atomic mass is 9.97. The number of benzene rings is 3. The number of nitrogens with zero attached hydrogens (tertiary/aromatic N) is 1. The van der Waals surface area contributed by atoms with Crippen LogP contribution in [0.15, 0.2) is 83.3 Å². The molecule has 0 amide bonds. The number of hydrogen-bond donors (Lipinski definition) is 2. The van der Waals surface area contributed by atoms with Crippen molar-refractivity contribution < 1.29 is 31.9 Å². The van der Waals surface area contributed by atoms with Gasteiger partial charge in [0.25, 0.3) is 0 Å². The number of nitrogens with one attached hydrogen (secondary N) is 1. The summed E-state index contributed by atoms with van der Waals surface area (Å²) in [6.45, 7) is 1.96. The predicted molar refractivity (Wildman–Crippen MR) is 126 cm³/mol. The van der Waals surface area contributed by atoms with E-state index in [4.69, 9.17) is 14.4 Å². The predicted octanol–water partition coefficient (Wildman–Crippen LogP) is 6.80. The molecule has 0 saturated carbocycles. The van der Waals surface area contributed by atoms with Gasteiger partial charge in [0.2, 0.25) is 5.89 Å². The van der Waals surface area contributed by atoms with E-state index in [-0.39, 0.29) is 24.9 Å². The Morgan fingerprint density at radius 1 is 1.03 bits per heavy atom. The molecule has 2 N–H and O–H groups in total. The normalized spacial score (nSPS) is 12.1. The van der Waals surface area contributed by atoms with Gasteiger partial charge in [0.15, 0.2) is 0 Å². The number of hydroxylamine groups is 1. The van der Waals surface area contributed by atoms with Gasteiger partial charge in [0, 0.05) is 12.1 Å². The van der Waals surface area contributed by atoms with E-state index in [0.717, 1.165) is 28.8 Å². The summed E-state index contributed by atoms with van der Waals surface area (Å²) in [5, 5.41) is 9.03. The van der Waals surface area contributed by atoms with Gasteiger partial charge in [-0.2, -0.15) is 13.2 Å². The fourth-order valence-electron chi connectivity index (χ4n) is 3.57. The molecular formula is C27H22F4N2O3. The third kappa shape index (κ3) is 5.99. The average molecular weight is 498 g/mol. The Kier molecular flexibility index (Phi) is 7.52. The molecule has 36 heavy (non-hydrogen) atoms. The highest BCUT2D eigenvalue weighted by Crippen LogP contribution is 2.32. The van der Waals surface area contributed by atoms with Crippen LogP contribution in [0.5, 0.6) is 5.75 Å². The van der Waals surface area contributed by atoms with Crippen LogP contribution in [-0.4, -0.2) is 16.7 Å². The molecule has 0 atom stereocenters. The van der Waals surface area contributed by atoms with E-state index < -0.39 is 11.7 Å². The SMILES string of the molecule is Cc1oc(-c2ccc(C(F)(F)F)cc2)nc1COc1cccc(/C(=C/CNO)c2ccc(F)cc2)c1. The highest BCUT2D eigenvalue weighted by Gasteiger charge is 2.30. The van der Waals surface area contributed by atoms with Crippen LogP contribution in [0, 0.1) is 12.7 Å². The van der Waals surface area contributed by atoms with Gasteiger partial charge in [-0.25, -0.2) is 14.9 Å². The number of alkyl halides is 3. The molecule has 0 aliphatic rings. The number of halogens is 4. The van der Waals surface area contributed by atoms with Gasteiger partial charge >= 0.3 is 6.18 Å². The molecule has 0 saturated heterocycles. The number of aryl methyl sites for hydroxylation is 1. The van der Waals surface area contributed by atoms with Gasteiger partial charge in [0.05, 0.1) is 5.56 Å². The highest BCUT2D eigenvalue weighted by molar-refractivity contribution is 5.80. The molecule has 186 valence electrons. The molecule has 0 bridgehead atoms. The summed E-state index contributed by atoms with van der Waals surface area (Å²) in [6, 6.07) is 17.8. The van der Waals surface area contributed by atoms with E-state index >= 15 is 0 Å². The van der Waals surface area contributed by atoms with Crippen LogP contribution in [0.3, 0.4) is 0 Å². The van der Waals surface area contributed by atoms with Crippen molar-refractivity contribution in [2.24, 2.45) is 0 Å². The van der Waals surface area contributed by atoms with Crippen molar-refractivity contribution in [3.63, 3.8) is 0 Å². The third-order valence-electron chi connectivity index (χ3n) is 5.43. The van der Waals surface area contributed by atoms with Crippen LogP contribution >= 0.6 is 0 Å². The Labute approximate surface area is 204 Å². The van der Waals surface area contributed by atoms with Crippen LogP contribution in [-0.2, 0) is 12.8 Å². The maximum atomic E-state index is 13.4. The molecule has 3 aromatic carbocycles. The number of rotatable bonds is 8. The molecule has 4 rings (SSSR count).